The molecule has 2 aliphatic heterocycles. The molecule has 0 unspecified atom stereocenters. The van der Waals surface area contributed by atoms with Crippen molar-refractivity contribution in [3.8, 4) is 0 Å². The predicted octanol–water partition coefficient (Wildman–Crippen LogP) is 2.77. The fourth-order valence-corrected chi connectivity index (χ4v) is 4.31. The molecule has 0 saturated carbocycles. The van der Waals surface area contributed by atoms with Crippen molar-refractivity contribution in [3.05, 3.63) is 35.4 Å². The molecule has 28 heavy (non-hydrogen) atoms. The number of hydrogen-bond acceptors (Lipinski definition) is 3. The number of rotatable bonds is 8. The summed E-state index contributed by atoms with van der Waals surface area (Å²) in [5, 5.41) is 3.06. The van der Waals surface area contributed by atoms with E-state index in [1.165, 1.54) is 36.9 Å². The van der Waals surface area contributed by atoms with Crippen molar-refractivity contribution in [2.45, 2.75) is 58.4 Å². The molecule has 0 spiro atoms. The standard InChI is InChI=1S/C23H35N3O2/c1-18-7-9-20(10-8-18)11-15-26-17-21(16-22(26)27)23(28)24-12-5-14-25-13-4-3-6-19(25)2/h7-10,19,21H,3-6,11-17H2,1-2H3,(H,24,28)/t19-,21+/m0/s1. The second-order valence-corrected chi connectivity index (χ2v) is 8.50. The maximum Gasteiger partial charge on any atom is 0.225 e. The smallest absolute Gasteiger partial charge is 0.225 e. The van der Waals surface area contributed by atoms with Crippen molar-refractivity contribution in [3.63, 3.8) is 0 Å². The molecule has 5 heteroatoms. The predicted molar refractivity (Wildman–Crippen MR) is 112 cm³/mol. The normalized spacial score (nSPS) is 23.2. The van der Waals surface area contributed by atoms with Gasteiger partial charge in [0.2, 0.25) is 11.8 Å². The third kappa shape index (κ3) is 5.81. The summed E-state index contributed by atoms with van der Waals surface area (Å²) in [5.74, 6) is -0.0493. The Balaban J connectivity index is 1.35. The minimum absolute atomic E-state index is 0.0397. The summed E-state index contributed by atoms with van der Waals surface area (Å²) in [4.78, 5) is 29.1. The second-order valence-electron chi connectivity index (χ2n) is 8.50. The maximum atomic E-state index is 12.5. The summed E-state index contributed by atoms with van der Waals surface area (Å²) >= 11 is 0. The zero-order chi connectivity index (χ0) is 19.9. The number of carbonyl (C=O) groups excluding carboxylic acids is 2. The van der Waals surface area contributed by atoms with E-state index in [0.29, 0.717) is 32.1 Å². The Morgan fingerprint density at radius 2 is 1.96 bits per heavy atom. The lowest BCUT2D eigenvalue weighted by molar-refractivity contribution is -0.129. The van der Waals surface area contributed by atoms with Gasteiger partial charge in [-0.1, -0.05) is 36.2 Å². The Kier molecular flexibility index (Phi) is 7.49. The Labute approximate surface area is 169 Å². The Bertz CT molecular complexity index is 658. The quantitative estimate of drug-likeness (QED) is 0.700. The first-order valence-corrected chi connectivity index (χ1v) is 10.9. The van der Waals surface area contributed by atoms with Crippen LogP contribution in [-0.4, -0.2) is 60.4 Å². The lowest BCUT2D eigenvalue weighted by Crippen LogP contribution is -2.40. The van der Waals surface area contributed by atoms with Gasteiger partial charge >= 0.3 is 0 Å². The monoisotopic (exact) mass is 385 g/mol. The van der Waals surface area contributed by atoms with Gasteiger partial charge in [0.15, 0.2) is 0 Å². The van der Waals surface area contributed by atoms with E-state index in [4.69, 9.17) is 0 Å². The summed E-state index contributed by atoms with van der Waals surface area (Å²) in [5.41, 5.74) is 2.48. The topological polar surface area (TPSA) is 52.7 Å². The zero-order valence-corrected chi connectivity index (χ0v) is 17.5. The van der Waals surface area contributed by atoms with E-state index in [-0.39, 0.29) is 17.7 Å². The molecule has 1 aromatic rings. The van der Waals surface area contributed by atoms with Crippen LogP contribution in [-0.2, 0) is 16.0 Å². The van der Waals surface area contributed by atoms with E-state index in [9.17, 15) is 9.59 Å². The van der Waals surface area contributed by atoms with Crippen molar-refractivity contribution in [2.75, 3.05) is 32.7 Å². The lowest BCUT2D eigenvalue weighted by Gasteiger charge is -2.33. The molecule has 3 rings (SSSR count). The van der Waals surface area contributed by atoms with Crippen molar-refractivity contribution >= 4 is 11.8 Å². The van der Waals surface area contributed by atoms with Crippen LogP contribution in [0.15, 0.2) is 24.3 Å². The highest BCUT2D eigenvalue weighted by Gasteiger charge is 2.33. The number of amides is 2. The number of aryl methyl sites for hydroxylation is 1. The number of benzene rings is 1. The fraction of sp³-hybridized carbons (Fsp3) is 0.652. The molecule has 2 atom stereocenters. The Morgan fingerprint density at radius 1 is 1.18 bits per heavy atom. The first-order valence-electron chi connectivity index (χ1n) is 10.9. The zero-order valence-electron chi connectivity index (χ0n) is 17.5. The first-order chi connectivity index (χ1) is 13.5. The van der Waals surface area contributed by atoms with E-state index >= 15 is 0 Å². The van der Waals surface area contributed by atoms with Gasteiger partial charge in [-0.2, -0.15) is 0 Å². The highest BCUT2D eigenvalue weighted by molar-refractivity contribution is 5.89. The molecule has 2 fully saturated rings. The van der Waals surface area contributed by atoms with E-state index in [1.807, 2.05) is 4.90 Å². The van der Waals surface area contributed by atoms with Gasteiger partial charge in [-0.25, -0.2) is 0 Å². The number of carbonyl (C=O) groups is 2. The molecule has 0 aliphatic carbocycles. The van der Waals surface area contributed by atoms with Gasteiger partial charge in [0.1, 0.15) is 0 Å². The van der Waals surface area contributed by atoms with E-state index in [1.54, 1.807) is 0 Å². The van der Waals surface area contributed by atoms with Crippen LogP contribution in [0.4, 0.5) is 0 Å². The summed E-state index contributed by atoms with van der Waals surface area (Å²) in [7, 11) is 0. The third-order valence-electron chi connectivity index (χ3n) is 6.24. The molecule has 5 nitrogen and oxygen atoms in total. The molecular formula is C23H35N3O2. The number of nitrogens with zero attached hydrogens (tertiary/aromatic N) is 2. The van der Waals surface area contributed by atoms with Gasteiger partial charge in [-0.05, 0) is 51.6 Å². The molecule has 2 heterocycles. The molecule has 0 aromatic heterocycles. The van der Waals surface area contributed by atoms with Crippen molar-refractivity contribution in [2.24, 2.45) is 5.92 Å². The maximum absolute atomic E-state index is 12.5. The minimum Gasteiger partial charge on any atom is -0.356 e. The Hall–Kier alpha value is -1.88. The van der Waals surface area contributed by atoms with Crippen LogP contribution in [0.5, 0.6) is 0 Å². The van der Waals surface area contributed by atoms with Gasteiger partial charge in [-0.3, -0.25) is 9.59 Å². The molecule has 0 bridgehead atoms. The van der Waals surface area contributed by atoms with Crippen LogP contribution >= 0.6 is 0 Å². The highest BCUT2D eigenvalue weighted by Crippen LogP contribution is 2.19. The largest absolute Gasteiger partial charge is 0.356 e. The van der Waals surface area contributed by atoms with E-state index in [2.05, 4.69) is 48.3 Å². The minimum atomic E-state index is -0.195. The molecule has 2 saturated heterocycles. The fourth-order valence-electron chi connectivity index (χ4n) is 4.31. The summed E-state index contributed by atoms with van der Waals surface area (Å²) in [6.07, 6.45) is 6.09. The van der Waals surface area contributed by atoms with Gasteiger partial charge in [0.05, 0.1) is 5.92 Å². The van der Waals surface area contributed by atoms with Gasteiger partial charge in [0, 0.05) is 38.6 Å². The van der Waals surface area contributed by atoms with Crippen molar-refractivity contribution in [1.82, 2.24) is 15.1 Å². The average Bonchev–Trinajstić information content (AvgIpc) is 3.07. The summed E-state index contributed by atoms with van der Waals surface area (Å²) in [6, 6.07) is 9.09. The number of likely N-dealkylation sites (tertiary alicyclic amines) is 2. The number of nitrogens with one attached hydrogen (secondary N) is 1. The van der Waals surface area contributed by atoms with Crippen LogP contribution < -0.4 is 5.32 Å². The summed E-state index contributed by atoms with van der Waals surface area (Å²) in [6.45, 7) is 8.56. The van der Waals surface area contributed by atoms with Crippen molar-refractivity contribution in [1.29, 1.82) is 0 Å². The molecule has 1 aromatic carbocycles. The summed E-state index contributed by atoms with van der Waals surface area (Å²) < 4.78 is 0. The Morgan fingerprint density at radius 3 is 2.71 bits per heavy atom. The SMILES string of the molecule is Cc1ccc(CCN2C[C@H](C(=O)NCCCN3CCCC[C@@H]3C)CC2=O)cc1. The molecule has 2 amide bonds. The van der Waals surface area contributed by atoms with Crippen LogP contribution in [0.3, 0.4) is 0 Å². The van der Waals surface area contributed by atoms with E-state index in [0.717, 1.165) is 19.4 Å². The van der Waals surface area contributed by atoms with E-state index < -0.39 is 0 Å². The molecular weight excluding hydrogens is 350 g/mol. The molecule has 2 aliphatic rings. The number of piperidine rings is 1. The average molecular weight is 386 g/mol. The molecule has 154 valence electrons. The third-order valence-corrected chi connectivity index (χ3v) is 6.24. The van der Waals surface area contributed by atoms with Crippen LogP contribution in [0, 0.1) is 12.8 Å². The van der Waals surface area contributed by atoms with Crippen LogP contribution in [0.2, 0.25) is 0 Å². The van der Waals surface area contributed by atoms with Gasteiger partial charge < -0.3 is 15.1 Å². The van der Waals surface area contributed by atoms with Gasteiger partial charge in [0.25, 0.3) is 0 Å². The first kappa shape index (κ1) is 20.8. The van der Waals surface area contributed by atoms with Gasteiger partial charge in [-0.15, -0.1) is 0 Å². The van der Waals surface area contributed by atoms with Crippen molar-refractivity contribution < 1.29 is 9.59 Å². The molecule has 0 radical (unpaired) electrons. The number of hydrogen-bond donors (Lipinski definition) is 1. The molecule has 1 N–H and O–H groups in total. The second kappa shape index (κ2) is 10.1. The van der Waals surface area contributed by atoms with Crippen LogP contribution in [0.1, 0.15) is 50.2 Å². The lowest BCUT2D eigenvalue weighted by atomic mass is 10.0. The van der Waals surface area contributed by atoms with Crippen LogP contribution in [0.25, 0.3) is 0 Å². The highest BCUT2D eigenvalue weighted by atomic mass is 16.2.